The summed E-state index contributed by atoms with van der Waals surface area (Å²) in [5.41, 5.74) is 1.55. The second-order valence-corrected chi connectivity index (χ2v) is 7.86. The highest BCUT2D eigenvalue weighted by Gasteiger charge is 2.49. The molecule has 3 fully saturated rings. The van der Waals surface area contributed by atoms with Crippen LogP contribution in [0.5, 0.6) is 0 Å². The molecule has 24 heavy (non-hydrogen) atoms. The number of hydrogen-bond acceptors (Lipinski definition) is 3. The van der Waals surface area contributed by atoms with Crippen molar-refractivity contribution in [1.29, 1.82) is 0 Å². The summed E-state index contributed by atoms with van der Waals surface area (Å²) in [4.78, 5) is 13.2. The van der Waals surface area contributed by atoms with Crippen LogP contribution in [-0.4, -0.2) is 53.9 Å². The summed E-state index contributed by atoms with van der Waals surface area (Å²) in [5.74, 6) is -0.277. The lowest BCUT2D eigenvalue weighted by Gasteiger charge is -2.26. The number of alkyl halides is 1. The molecule has 1 aliphatic heterocycles. The van der Waals surface area contributed by atoms with Crippen LogP contribution < -0.4 is 5.32 Å². The minimum Gasteiger partial charge on any atom is -0.480 e. The SMILES string of the molecule is O=C(O)[C@@H]1C[C@@H](F)CN1CC1(CN[C@@H]2CC2c2ccccc2)CC1. The van der Waals surface area contributed by atoms with Crippen LogP contribution in [0.2, 0.25) is 0 Å². The van der Waals surface area contributed by atoms with Crippen LogP contribution in [0.1, 0.15) is 37.2 Å². The highest BCUT2D eigenvalue weighted by Crippen LogP contribution is 2.48. The molecule has 0 aromatic heterocycles. The molecule has 1 aromatic carbocycles. The van der Waals surface area contributed by atoms with Crippen molar-refractivity contribution >= 4 is 5.97 Å². The molecule has 5 heteroatoms. The van der Waals surface area contributed by atoms with Crippen LogP contribution in [0.4, 0.5) is 4.39 Å². The molecule has 1 unspecified atom stereocenters. The normalized spacial score (nSPS) is 34.2. The van der Waals surface area contributed by atoms with Crippen LogP contribution in [0.15, 0.2) is 30.3 Å². The summed E-state index contributed by atoms with van der Waals surface area (Å²) in [7, 11) is 0. The molecule has 0 radical (unpaired) electrons. The first-order valence-electron chi connectivity index (χ1n) is 8.96. The zero-order chi connectivity index (χ0) is 16.7. The summed E-state index contributed by atoms with van der Waals surface area (Å²) < 4.78 is 13.6. The molecule has 1 aromatic rings. The Bertz CT molecular complexity index is 605. The molecule has 4 nitrogen and oxygen atoms in total. The fourth-order valence-corrected chi connectivity index (χ4v) is 4.11. The Hall–Kier alpha value is -1.46. The highest BCUT2D eigenvalue weighted by atomic mass is 19.1. The number of halogens is 1. The predicted octanol–water partition coefficient (Wildman–Crippen LogP) is 2.41. The summed E-state index contributed by atoms with van der Waals surface area (Å²) in [6.07, 6.45) is 2.54. The standard InChI is InChI=1S/C19H25FN2O2/c20-14-8-17(18(23)24)22(10-14)12-19(6-7-19)11-21-16-9-15(16)13-4-2-1-3-5-13/h1-5,14-17,21H,6-12H2,(H,23,24)/t14-,15?,16-,17+/m1/s1. The van der Waals surface area contributed by atoms with E-state index in [9.17, 15) is 14.3 Å². The molecule has 1 heterocycles. The summed E-state index contributed by atoms with van der Waals surface area (Å²) in [5, 5.41) is 13.0. The molecule has 4 rings (SSSR count). The Labute approximate surface area is 142 Å². The van der Waals surface area contributed by atoms with Gasteiger partial charge in [0.25, 0.3) is 0 Å². The van der Waals surface area contributed by atoms with Gasteiger partial charge in [-0.25, -0.2) is 4.39 Å². The van der Waals surface area contributed by atoms with Crippen molar-refractivity contribution < 1.29 is 14.3 Å². The second kappa shape index (κ2) is 6.12. The molecule has 0 amide bonds. The van der Waals surface area contributed by atoms with Crippen molar-refractivity contribution in [2.75, 3.05) is 19.6 Å². The lowest BCUT2D eigenvalue weighted by molar-refractivity contribution is -0.142. The lowest BCUT2D eigenvalue weighted by Crippen LogP contribution is -2.42. The van der Waals surface area contributed by atoms with E-state index in [-0.39, 0.29) is 18.4 Å². The molecule has 2 saturated carbocycles. The van der Waals surface area contributed by atoms with Crippen molar-refractivity contribution in [2.45, 2.75) is 49.9 Å². The average Bonchev–Trinajstić information content (AvgIpc) is 3.46. The maximum absolute atomic E-state index is 13.6. The largest absolute Gasteiger partial charge is 0.480 e. The predicted molar refractivity (Wildman–Crippen MR) is 89.8 cm³/mol. The van der Waals surface area contributed by atoms with Gasteiger partial charge in [0.2, 0.25) is 0 Å². The van der Waals surface area contributed by atoms with Crippen LogP contribution in [-0.2, 0) is 4.79 Å². The van der Waals surface area contributed by atoms with E-state index in [1.165, 1.54) is 12.0 Å². The average molecular weight is 332 g/mol. The monoisotopic (exact) mass is 332 g/mol. The van der Waals surface area contributed by atoms with Crippen molar-refractivity contribution in [1.82, 2.24) is 10.2 Å². The van der Waals surface area contributed by atoms with Gasteiger partial charge in [-0.3, -0.25) is 9.69 Å². The third kappa shape index (κ3) is 3.33. The van der Waals surface area contributed by atoms with E-state index >= 15 is 0 Å². The van der Waals surface area contributed by atoms with E-state index in [2.05, 4.69) is 29.6 Å². The van der Waals surface area contributed by atoms with Gasteiger partial charge >= 0.3 is 5.97 Å². The second-order valence-electron chi connectivity index (χ2n) is 7.86. The number of rotatable bonds is 7. The van der Waals surface area contributed by atoms with Gasteiger partial charge in [-0.2, -0.15) is 0 Å². The number of nitrogens with zero attached hydrogens (tertiary/aromatic N) is 1. The maximum Gasteiger partial charge on any atom is 0.321 e. The molecule has 4 atom stereocenters. The van der Waals surface area contributed by atoms with Crippen LogP contribution in [0, 0.1) is 5.41 Å². The topological polar surface area (TPSA) is 52.6 Å². The Morgan fingerprint density at radius 2 is 2.04 bits per heavy atom. The molecule has 0 spiro atoms. The molecular formula is C19H25FN2O2. The smallest absolute Gasteiger partial charge is 0.321 e. The Kier molecular flexibility index (Phi) is 4.09. The number of carboxylic acid groups (broad SMARTS) is 1. The number of carboxylic acids is 1. The van der Waals surface area contributed by atoms with E-state index in [1.54, 1.807) is 0 Å². The van der Waals surface area contributed by atoms with Crippen LogP contribution in [0.3, 0.4) is 0 Å². The zero-order valence-electron chi connectivity index (χ0n) is 13.8. The van der Waals surface area contributed by atoms with Gasteiger partial charge in [0, 0.05) is 38.0 Å². The quantitative estimate of drug-likeness (QED) is 0.805. The number of carbonyl (C=O) groups is 1. The van der Waals surface area contributed by atoms with E-state index in [4.69, 9.17) is 0 Å². The van der Waals surface area contributed by atoms with Crippen molar-refractivity contribution in [3.8, 4) is 0 Å². The van der Waals surface area contributed by atoms with Crippen molar-refractivity contribution in [3.63, 3.8) is 0 Å². The Morgan fingerprint density at radius 1 is 1.29 bits per heavy atom. The lowest BCUT2D eigenvalue weighted by atomic mass is 10.1. The fourth-order valence-electron chi connectivity index (χ4n) is 4.11. The van der Waals surface area contributed by atoms with E-state index in [0.717, 1.165) is 19.4 Å². The molecular weight excluding hydrogens is 307 g/mol. The first-order chi connectivity index (χ1) is 11.6. The van der Waals surface area contributed by atoms with Gasteiger partial charge in [-0.05, 0) is 30.2 Å². The molecule has 2 N–H and O–H groups in total. The summed E-state index contributed by atoms with van der Waals surface area (Å²) in [6, 6.07) is 10.5. The first-order valence-corrected chi connectivity index (χ1v) is 8.96. The number of hydrogen-bond donors (Lipinski definition) is 2. The van der Waals surface area contributed by atoms with Gasteiger partial charge in [-0.1, -0.05) is 30.3 Å². The van der Waals surface area contributed by atoms with Gasteiger partial charge < -0.3 is 10.4 Å². The molecule has 1 saturated heterocycles. The molecule has 2 aliphatic carbocycles. The van der Waals surface area contributed by atoms with Crippen molar-refractivity contribution in [2.24, 2.45) is 5.41 Å². The highest BCUT2D eigenvalue weighted by molar-refractivity contribution is 5.74. The van der Waals surface area contributed by atoms with Crippen LogP contribution >= 0.6 is 0 Å². The van der Waals surface area contributed by atoms with Gasteiger partial charge in [0.15, 0.2) is 0 Å². The fraction of sp³-hybridized carbons (Fsp3) is 0.632. The van der Waals surface area contributed by atoms with Gasteiger partial charge in [0.1, 0.15) is 12.2 Å². The number of aliphatic carboxylic acids is 1. The zero-order valence-corrected chi connectivity index (χ0v) is 13.8. The summed E-state index contributed by atoms with van der Waals surface area (Å²) in [6.45, 7) is 1.90. The molecule has 3 aliphatic rings. The minimum absolute atomic E-state index is 0.136. The summed E-state index contributed by atoms with van der Waals surface area (Å²) >= 11 is 0. The van der Waals surface area contributed by atoms with Gasteiger partial charge in [-0.15, -0.1) is 0 Å². The first kappa shape index (κ1) is 16.0. The van der Waals surface area contributed by atoms with E-state index in [1.807, 2.05) is 11.0 Å². The number of likely N-dealkylation sites (tertiary alicyclic amines) is 1. The Balaban J connectivity index is 1.29. The van der Waals surface area contributed by atoms with E-state index in [0.29, 0.717) is 18.5 Å². The van der Waals surface area contributed by atoms with E-state index < -0.39 is 18.2 Å². The minimum atomic E-state index is -0.999. The third-order valence-electron chi connectivity index (χ3n) is 5.89. The maximum atomic E-state index is 13.6. The Morgan fingerprint density at radius 3 is 2.71 bits per heavy atom. The number of benzene rings is 1. The van der Waals surface area contributed by atoms with Crippen molar-refractivity contribution in [3.05, 3.63) is 35.9 Å². The van der Waals surface area contributed by atoms with Gasteiger partial charge in [0.05, 0.1) is 0 Å². The molecule has 130 valence electrons. The third-order valence-corrected chi connectivity index (χ3v) is 5.89. The van der Waals surface area contributed by atoms with Crippen LogP contribution in [0.25, 0.3) is 0 Å². The number of nitrogens with one attached hydrogen (secondary N) is 1. The molecule has 0 bridgehead atoms.